The van der Waals surface area contributed by atoms with Crippen molar-refractivity contribution in [2.24, 2.45) is 5.92 Å². The van der Waals surface area contributed by atoms with Crippen LogP contribution in [0.2, 0.25) is 0 Å². The molecule has 0 saturated carbocycles. The van der Waals surface area contributed by atoms with Gasteiger partial charge in [-0.15, -0.1) is 5.10 Å². The number of carbonyl (C=O) groups is 1. The molecule has 0 unspecified atom stereocenters. The van der Waals surface area contributed by atoms with E-state index in [9.17, 15) is 9.18 Å². The molecule has 0 spiro atoms. The first-order chi connectivity index (χ1) is 12.2. The summed E-state index contributed by atoms with van der Waals surface area (Å²) >= 11 is 0. The van der Waals surface area contributed by atoms with E-state index in [0.717, 1.165) is 38.0 Å². The van der Waals surface area contributed by atoms with E-state index in [0.29, 0.717) is 11.4 Å². The molecule has 2 aromatic rings. The van der Waals surface area contributed by atoms with Gasteiger partial charge >= 0.3 is 0 Å². The maximum absolute atomic E-state index is 13.7. The summed E-state index contributed by atoms with van der Waals surface area (Å²) in [4.78, 5) is 14.7. The molecule has 0 atom stereocenters. The third kappa shape index (κ3) is 4.39. The third-order valence-corrected chi connectivity index (χ3v) is 4.72. The van der Waals surface area contributed by atoms with Crippen LogP contribution in [0.1, 0.15) is 24.0 Å². The molecule has 0 bridgehead atoms. The molecule has 1 fully saturated rings. The molecule has 132 valence electrons. The minimum Gasteiger partial charge on any atom is -0.480 e. The Bertz CT molecular complexity index is 730. The molecule has 1 aliphatic rings. The fraction of sp³-hybridized carbons (Fsp3) is 0.421. The number of likely N-dealkylation sites (tertiary alicyclic amines) is 1. The fourth-order valence-corrected chi connectivity index (χ4v) is 3.26. The first kappa shape index (κ1) is 17.5. The third-order valence-electron chi connectivity index (χ3n) is 4.72. The summed E-state index contributed by atoms with van der Waals surface area (Å²) in [5, 5.41) is 7.80. The van der Waals surface area contributed by atoms with E-state index >= 15 is 0 Å². The lowest BCUT2D eigenvalue weighted by atomic mass is 9.89. The number of ketones is 1. The highest BCUT2D eigenvalue weighted by atomic mass is 19.1. The smallest absolute Gasteiger partial charge is 0.237 e. The normalized spacial score (nSPS) is 15.9. The molecular formula is C19H22FN3O2. The molecule has 3 rings (SSSR count). The SMILES string of the molecule is COc1nnccc1CN1CCC(C(=O)Cc2ccccc2F)CC1. The Balaban J connectivity index is 1.53. The van der Waals surface area contributed by atoms with Crippen molar-refractivity contribution in [3.8, 4) is 5.88 Å². The number of ether oxygens (including phenoxy) is 1. The summed E-state index contributed by atoms with van der Waals surface area (Å²) in [7, 11) is 1.58. The molecule has 5 nitrogen and oxygen atoms in total. The van der Waals surface area contributed by atoms with E-state index in [1.54, 1.807) is 31.5 Å². The second-order valence-corrected chi connectivity index (χ2v) is 6.35. The van der Waals surface area contributed by atoms with Gasteiger partial charge in [-0.2, -0.15) is 5.10 Å². The number of methoxy groups -OCH3 is 1. The Labute approximate surface area is 146 Å². The molecule has 1 aromatic heterocycles. The molecule has 25 heavy (non-hydrogen) atoms. The van der Waals surface area contributed by atoms with Crippen molar-refractivity contribution in [1.82, 2.24) is 15.1 Å². The van der Waals surface area contributed by atoms with Gasteiger partial charge < -0.3 is 4.74 Å². The summed E-state index contributed by atoms with van der Waals surface area (Å²) in [5.74, 6) is 0.382. The van der Waals surface area contributed by atoms with Crippen LogP contribution in [-0.2, 0) is 17.8 Å². The number of hydrogen-bond donors (Lipinski definition) is 0. The molecule has 6 heteroatoms. The molecular weight excluding hydrogens is 321 g/mol. The average Bonchev–Trinajstić information content (AvgIpc) is 2.64. The average molecular weight is 343 g/mol. The van der Waals surface area contributed by atoms with Crippen molar-refractivity contribution in [2.75, 3.05) is 20.2 Å². The van der Waals surface area contributed by atoms with Gasteiger partial charge in [0, 0.05) is 24.4 Å². The van der Waals surface area contributed by atoms with Crippen LogP contribution < -0.4 is 4.74 Å². The van der Waals surface area contributed by atoms with Crippen LogP contribution in [0.3, 0.4) is 0 Å². The molecule has 0 N–H and O–H groups in total. The molecule has 1 aliphatic heterocycles. The van der Waals surface area contributed by atoms with E-state index < -0.39 is 0 Å². The Morgan fingerprint density at radius 2 is 2.00 bits per heavy atom. The standard InChI is InChI=1S/C19H22FN3O2/c1-25-19-16(6-9-21-22-19)13-23-10-7-14(8-11-23)18(24)12-15-4-2-3-5-17(15)20/h2-6,9,14H,7-8,10-13H2,1H3. The van der Waals surface area contributed by atoms with Crippen LogP contribution in [0.5, 0.6) is 5.88 Å². The molecule has 2 heterocycles. The van der Waals surface area contributed by atoms with Gasteiger partial charge in [-0.3, -0.25) is 9.69 Å². The van der Waals surface area contributed by atoms with Crippen LogP contribution >= 0.6 is 0 Å². The van der Waals surface area contributed by atoms with Crippen molar-refractivity contribution in [1.29, 1.82) is 0 Å². The Hall–Kier alpha value is -2.34. The summed E-state index contributed by atoms with van der Waals surface area (Å²) in [5.41, 5.74) is 1.48. The monoisotopic (exact) mass is 343 g/mol. The van der Waals surface area contributed by atoms with Crippen LogP contribution in [0.4, 0.5) is 4.39 Å². The Morgan fingerprint density at radius 1 is 1.24 bits per heavy atom. The number of carbonyl (C=O) groups excluding carboxylic acids is 1. The number of rotatable bonds is 6. The highest BCUT2D eigenvalue weighted by molar-refractivity contribution is 5.83. The number of benzene rings is 1. The van der Waals surface area contributed by atoms with Gasteiger partial charge in [0.05, 0.1) is 13.3 Å². The van der Waals surface area contributed by atoms with Gasteiger partial charge in [0.25, 0.3) is 0 Å². The number of piperidine rings is 1. The van der Waals surface area contributed by atoms with Gasteiger partial charge in [-0.25, -0.2) is 4.39 Å². The van der Waals surface area contributed by atoms with Crippen molar-refractivity contribution in [2.45, 2.75) is 25.8 Å². The summed E-state index contributed by atoms with van der Waals surface area (Å²) in [6, 6.07) is 8.40. The zero-order chi connectivity index (χ0) is 17.6. The van der Waals surface area contributed by atoms with Crippen molar-refractivity contribution in [3.05, 3.63) is 53.5 Å². The topological polar surface area (TPSA) is 55.3 Å². The first-order valence-electron chi connectivity index (χ1n) is 8.50. The number of halogens is 1. The van der Waals surface area contributed by atoms with Crippen LogP contribution in [0.15, 0.2) is 36.5 Å². The predicted octanol–water partition coefficient (Wildman–Crippen LogP) is 2.65. The maximum Gasteiger partial charge on any atom is 0.237 e. The van der Waals surface area contributed by atoms with Crippen molar-refractivity contribution < 1.29 is 13.9 Å². The zero-order valence-electron chi connectivity index (χ0n) is 14.3. The van der Waals surface area contributed by atoms with Crippen molar-refractivity contribution in [3.63, 3.8) is 0 Å². The van der Waals surface area contributed by atoms with Gasteiger partial charge in [-0.05, 0) is 43.6 Å². The second-order valence-electron chi connectivity index (χ2n) is 6.35. The lowest BCUT2D eigenvalue weighted by Crippen LogP contribution is -2.36. The molecule has 1 aromatic carbocycles. The van der Waals surface area contributed by atoms with Crippen LogP contribution in [-0.4, -0.2) is 41.1 Å². The Kier molecular flexibility index (Phi) is 5.71. The molecule has 1 saturated heterocycles. The van der Waals surface area contributed by atoms with E-state index in [1.807, 2.05) is 6.07 Å². The summed E-state index contributed by atoms with van der Waals surface area (Å²) in [6.45, 7) is 2.39. The molecule has 0 amide bonds. The highest BCUT2D eigenvalue weighted by Gasteiger charge is 2.26. The zero-order valence-corrected chi connectivity index (χ0v) is 14.3. The lowest BCUT2D eigenvalue weighted by molar-refractivity contribution is -0.123. The molecule has 0 radical (unpaired) electrons. The van der Waals surface area contributed by atoms with E-state index in [2.05, 4.69) is 15.1 Å². The second kappa shape index (κ2) is 8.16. The molecule has 0 aliphatic carbocycles. The van der Waals surface area contributed by atoms with Gasteiger partial charge in [0.1, 0.15) is 11.6 Å². The van der Waals surface area contributed by atoms with Gasteiger partial charge in [0.15, 0.2) is 0 Å². The number of aromatic nitrogens is 2. The fourth-order valence-electron chi connectivity index (χ4n) is 3.26. The lowest BCUT2D eigenvalue weighted by Gasteiger charge is -2.31. The van der Waals surface area contributed by atoms with Gasteiger partial charge in [-0.1, -0.05) is 18.2 Å². The van der Waals surface area contributed by atoms with Crippen molar-refractivity contribution >= 4 is 5.78 Å². The van der Waals surface area contributed by atoms with Gasteiger partial charge in [0.2, 0.25) is 5.88 Å². The Morgan fingerprint density at radius 3 is 2.72 bits per heavy atom. The van der Waals surface area contributed by atoms with Crippen LogP contribution in [0.25, 0.3) is 0 Å². The van der Waals surface area contributed by atoms with E-state index in [4.69, 9.17) is 4.74 Å². The first-order valence-corrected chi connectivity index (χ1v) is 8.50. The minimum atomic E-state index is -0.300. The number of hydrogen-bond acceptors (Lipinski definition) is 5. The van der Waals surface area contributed by atoms with Crippen LogP contribution in [0, 0.1) is 11.7 Å². The number of Topliss-reactive ketones (excluding diaryl/α,β-unsaturated/α-hetero) is 1. The quantitative estimate of drug-likeness (QED) is 0.807. The number of nitrogens with zero attached hydrogens (tertiary/aromatic N) is 3. The van der Waals surface area contributed by atoms with E-state index in [-0.39, 0.29) is 23.9 Å². The largest absolute Gasteiger partial charge is 0.480 e. The van der Waals surface area contributed by atoms with E-state index in [1.165, 1.54) is 6.07 Å². The predicted molar refractivity (Wildman–Crippen MR) is 91.7 cm³/mol. The maximum atomic E-state index is 13.7. The summed E-state index contributed by atoms with van der Waals surface area (Å²) < 4.78 is 18.9. The highest BCUT2D eigenvalue weighted by Crippen LogP contribution is 2.23. The minimum absolute atomic E-state index is 0.00770. The summed E-state index contributed by atoms with van der Waals surface area (Å²) in [6.07, 6.45) is 3.43.